The van der Waals surface area contributed by atoms with Crippen LogP contribution in [0, 0.1) is 0 Å². The van der Waals surface area contributed by atoms with Crippen LogP contribution in [-0.4, -0.2) is 52.1 Å². The van der Waals surface area contributed by atoms with Crippen LogP contribution in [0.25, 0.3) is 0 Å². The van der Waals surface area contributed by atoms with E-state index in [1.807, 2.05) is 13.8 Å². The third kappa shape index (κ3) is 5.65. The molecular weight excluding hydrogens is 309 g/mol. The average molecular weight is 340 g/mol. The molecule has 0 aliphatic carbocycles. The number of methoxy groups -OCH3 is 2. The molecule has 7 nitrogen and oxygen atoms in total. The molecule has 8 heteroatoms. The number of hydrogen-bond donors (Lipinski definition) is 1. The van der Waals surface area contributed by atoms with E-state index in [0.29, 0.717) is 13.2 Å². The average Bonchev–Trinajstić information content (AvgIpc) is 2.48. The Morgan fingerprint density at radius 1 is 0.909 bits per heavy atom. The molecule has 1 rings (SSSR count). The van der Waals surface area contributed by atoms with Gasteiger partial charge in [0, 0.05) is 47.8 Å². The lowest BCUT2D eigenvalue weighted by molar-refractivity contribution is -0.346. The van der Waals surface area contributed by atoms with E-state index in [1.54, 1.807) is 28.1 Å². The molecule has 1 N–H and O–H groups in total. The van der Waals surface area contributed by atoms with Crippen molar-refractivity contribution in [1.82, 2.24) is 5.09 Å². The van der Waals surface area contributed by atoms with Crippen molar-refractivity contribution in [3.63, 3.8) is 0 Å². The summed E-state index contributed by atoms with van der Waals surface area (Å²) in [5.74, 6) is -2.35. The summed E-state index contributed by atoms with van der Waals surface area (Å²) < 4.78 is 34.3. The van der Waals surface area contributed by atoms with Gasteiger partial charge in [-0.05, 0) is 26.7 Å². The highest BCUT2D eigenvalue weighted by Crippen LogP contribution is 2.64. The number of ether oxygens (including phenoxy) is 4. The predicted octanol–water partition coefficient (Wildman–Crippen LogP) is 2.88. The maximum Gasteiger partial charge on any atom is 0.361 e. The number of hydrogen-bond acceptors (Lipinski definition) is 7. The molecular formula is C14H31NO6P+. The van der Waals surface area contributed by atoms with Gasteiger partial charge in [0.15, 0.2) is 0 Å². The highest BCUT2D eigenvalue weighted by atomic mass is 31.2. The van der Waals surface area contributed by atoms with Gasteiger partial charge in [0.1, 0.15) is 6.16 Å². The van der Waals surface area contributed by atoms with Crippen molar-refractivity contribution in [2.45, 2.75) is 52.5 Å². The minimum Gasteiger partial charge on any atom is -0.328 e. The smallest absolute Gasteiger partial charge is 0.328 e. The Hall–Kier alpha value is 0.150. The van der Waals surface area contributed by atoms with Gasteiger partial charge in [0.05, 0.1) is 0 Å². The Labute approximate surface area is 134 Å². The van der Waals surface area contributed by atoms with Crippen LogP contribution in [0.1, 0.15) is 40.5 Å². The van der Waals surface area contributed by atoms with E-state index in [-0.39, 0.29) is 0 Å². The zero-order chi connectivity index (χ0) is 16.7. The van der Waals surface area contributed by atoms with Gasteiger partial charge >= 0.3 is 19.8 Å². The van der Waals surface area contributed by atoms with Crippen LogP contribution in [0.15, 0.2) is 0 Å². The molecule has 1 saturated heterocycles. The molecule has 0 aromatic heterocycles. The minimum atomic E-state index is -2.48. The summed E-state index contributed by atoms with van der Waals surface area (Å²) in [5.41, 5.74) is 0. The van der Waals surface area contributed by atoms with Gasteiger partial charge in [-0.25, -0.2) is 0 Å². The first-order valence-electron chi connectivity index (χ1n) is 7.79. The first kappa shape index (κ1) is 20.2. The van der Waals surface area contributed by atoms with Gasteiger partial charge in [-0.2, -0.15) is 0 Å². The van der Waals surface area contributed by atoms with E-state index in [4.69, 9.17) is 28.0 Å². The van der Waals surface area contributed by atoms with Crippen LogP contribution in [0.4, 0.5) is 0 Å². The zero-order valence-electron chi connectivity index (χ0n) is 14.6. The fourth-order valence-corrected chi connectivity index (χ4v) is 5.22. The molecule has 2 unspecified atom stereocenters. The summed E-state index contributed by atoms with van der Waals surface area (Å²) in [6.07, 6.45) is 2.81. The highest BCUT2D eigenvalue weighted by molar-refractivity contribution is 7.64. The van der Waals surface area contributed by atoms with E-state index in [9.17, 15) is 0 Å². The Balaban J connectivity index is 2.94. The monoisotopic (exact) mass is 340 g/mol. The molecule has 0 radical (unpaired) electrons. The van der Waals surface area contributed by atoms with Gasteiger partial charge < -0.3 is 18.9 Å². The Morgan fingerprint density at radius 2 is 1.41 bits per heavy atom. The molecule has 0 aromatic rings. The van der Waals surface area contributed by atoms with E-state index < -0.39 is 19.8 Å². The summed E-state index contributed by atoms with van der Waals surface area (Å²) in [4.78, 5) is 0. The van der Waals surface area contributed by atoms with Crippen molar-refractivity contribution in [2.24, 2.45) is 0 Å². The van der Waals surface area contributed by atoms with Gasteiger partial charge in [0.2, 0.25) is 0 Å². The van der Waals surface area contributed by atoms with E-state index >= 15 is 0 Å². The van der Waals surface area contributed by atoms with Crippen LogP contribution >= 0.6 is 7.87 Å². The maximum atomic E-state index is 6.17. The SMILES string of the molecule is CCOC(C)(OC)O[P+]1(OC(C)(OC)OCC)CCCCN1. The lowest BCUT2D eigenvalue weighted by atomic mass is 10.3. The molecule has 1 aliphatic heterocycles. The Bertz CT molecular complexity index is 304. The number of rotatable bonds is 10. The first-order chi connectivity index (χ1) is 10.4. The molecule has 0 saturated carbocycles. The largest absolute Gasteiger partial charge is 0.361 e. The lowest BCUT2D eigenvalue weighted by Crippen LogP contribution is -2.44. The molecule has 0 amide bonds. The van der Waals surface area contributed by atoms with Crippen LogP contribution in [0.5, 0.6) is 0 Å². The van der Waals surface area contributed by atoms with Crippen molar-refractivity contribution >= 4 is 7.87 Å². The lowest BCUT2D eigenvalue weighted by Gasteiger charge is -2.37. The summed E-state index contributed by atoms with van der Waals surface area (Å²) in [7, 11) is 0.624. The molecule has 2 atom stereocenters. The normalized spacial score (nSPS) is 28.1. The second-order valence-corrected chi connectivity index (χ2v) is 7.67. The second kappa shape index (κ2) is 8.85. The summed E-state index contributed by atoms with van der Waals surface area (Å²) in [6, 6.07) is 0. The molecule has 0 bridgehead atoms. The zero-order valence-corrected chi connectivity index (χ0v) is 15.5. The van der Waals surface area contributed by atoms with E-state index in [1.165, 1.54) is 0 Å². The van der Waals surface area contributed by atoms with Crippen molar-refractivity contribution < 1.29 is 28.0 Å². The topological polar surface area (TPSA) is 67.4 Å². The molecule has 1 fully saturated rings. The van der Waals surface area contributed by atoms with E-state index in [0.717, 1.165) is 25.5 Å². The minimum absolute atomic E-state index is 0.470. The first-order valence-corrected chi connectivity index (χ1v) is 9.60. The maximum absolute atomic E-state index is 6.17. The Morgan fingerprint density at radius 3 is 1.73 bits per heavy atom. The molecule has 22 heavy (non-hydrogen) atoms. The third-order valence-electron chi connectivity index (χ3n) is 3.41. The Kier molecular flexibility index (Phi) is 8.12. The summed E-state index contributed by atoms with van der Waals surface area (Å²) in [6.45, 7) is 9.01. The standard InChI is InChI=1S/C14H31NO6P/c1-7-18-13(3,16-5)20-22(12-10-9-11-15-22)21-14(4,17-6)19-8-2/h15H,7-12H2,1-6H3/q+1. The quantitative estimate of drug-likeness (QED) is 0.484. The van der Waals surface area contributed by atoms with Gasteiger partial charge in [-0.3, -0.25) is 0 Å². The molecule has 0 aromatic carbocycles. The highest BCUT2D eigenvalue weighted by Gasteiger charge is 2.56. The van der Waals surface area contributed by atoms with Crippen molar-refractivity contribution in [3.8, 4) is 0 Å². The van der Waals surface area contributed by atoms with Crippen LogP contribution in [0.3, 0.4) is 0 Å². The van der Waals surface area contributed by atoms with Crippen LogP contribution in [-0.2, 0) is 28.0 Å². The van der Waals surface area contributed by atoms with Gasteiger partial charge in [-0.15, -0.1) is 14.1 Å². The number of nitrogens with one attached hydrogen (secondary N) is 1. The van der Waals surface area contributed by atoms with Crippen molar-refractivity contribution in [3.05, 3.63) is 0 Å². The fraction of sp³-hybridized carbons (Fsp3) is 1.00. The molecule has 1 aliphatic rings. The van der Waals surface area contributed by atoms with Crippen molar-refractivity contribution in [2.75, 3.05) is 40.1 Å². The van der Waals surface area contributed by atoms with Crippen molar-refractivity contribution in [1.29, 1.82) is 0 Å². The van der Waals surface area contributed by atoms with Gasteiger partial charge in [-0.1, -0.05) is 0 Å². The van der Waals surface area contributed by atoms with E-state index in [2.05, 4.69) is 5.09 Å². The summed E-state index contributed by atoms with van der Waals surface area (Å²) >= 11 is 0. The second-order valence-electron chi connectivity index (χ2n) is 5.19. The third-order valence-corrected chi connectivity index (χ3v) is 6.28. The summed E-state index contributed by atoms with van der Waals surface area (Å²) in [5, 5.41) is 3.38. The van der Waals surface area contributed by atoms with Crippen LogP contribution < -0.4 is 5.09 Å². The fourth-order valence-electron chi connectivity index (χ4n) is 2.25. The van der Waals surface area contributed by atoms with Gasteiger partial charge in [0.25, 0.3) is 0 Å². The molecule has 132 valence electrons. The molecule has 0 spiro atoms. The predicted molar refractivity (Wildman–Crippen MR) is 85.3 cm³/mol. The van der Waals surface area contributed by atoms with Crippen LogP contribution in [0.2, 0.25) is 0 Å². The molecule has 1 heterocycles.